The van der Waals surface area contributed by atoms with Gasteiger partial charge in [-0.2, -0.15) is 0 Å². The number of hydrogen-bond acceptors (Lipinski definition) is 3. The van der Waals surface area contributed by atoms with Crippen molar-refractivity contribution in [3.63, 3.8) is 0 Å². The highest BCUT2D eigenvalue weighted by molar-refractivity contribution is 6.15. The summed E-state index contributed by atoms with van der Waals surface area (Å²) in [5.74, 6) is 0. The van der Waals surface area contributed by atoms with Gasteiger partial charge in [0, 0.05) is 38.4 Å². The summed E-state index contributed by atoms with van der Waals surface area (Å²) in [7, 11) is 0. The van der Waals surface area contributed by atoms with Crippen molar-refractivity contribution in [2.75, 3.05) is 4.90 Å². The van der Waals surface area contributed by atoms with Crippen LogP contribution in [0.15, 0.2) is 209 Å². The molecule has 0 aliphatic carbocycles. The van der Waals surface area contributed by atoms with Gasteiger partial charge in [-0.05, 0) is 75.5 Å². The quantitative estimate of drug-likeness (QED) is 0.173. The molecule has 11 rings (SSSR count). The molecule has 2 heterocycles. The number of hydrogen-bond donors (Lipinski definition) is 0. The molecule has 55 heavy (non-hydrogen) atoms. The van der Waals surface area contributed by atoms with Crippen LogP contribution < -0.4 is 4.90 Å². The Kier molecular flexibility index (Phi) is 7.17. The van der Waals surface area contributed by atoms with Gasteiger partial charge in [0.2, 0.25) is 0 Å². The Bertz CT molecular complexity index is 3210. The third-order valence-electron chi connectivity index (χ3n) is 10.9. The van der Waals surface area contributed by atoms with E-state index in [-0.39, 0.29) is 0 Å². The second-order valence-corrected chi connectivity index (χ2v) is 14.0. The lowest BCUT2D eigenvalue weighted by Gasteiger charge is -2.28. The minimum atomic E-state index is 0.841. The molecule has 0 saturated heterocycles. The van der Waals surface area contributed by atoms with Crippen molar-refractivity contribution < 1.29 is 8.83 Å². The minimum Gasteiger partial charge on any atom is -0.456 e. The fourth-order valence-corrected chi connectivity index (χ4v) is 8.31. The standard InChI is InChI=1S/C52H33NO2/c1-2-14-35(15-3-1)42-20-10-21-43-44-22-11-24-47(52(44)55-51(42)43)53(46-23-8-6-17-40(46)38-28-27-34-13-4-5-16-37(34)33-38)39-31-29-36(30-32-39)41-19-12-26-49-50(41)45-18-7-9-25-48(45)54-49/h1-33H. The first-order chi connectivity index (χ1) is 27.3. The van der Waals surface area contributed by atoms with E-state index in [9.17, 15) is 0 Å². The zero-order chi connectivity index (χ0) is 36.3. The lowest BCUT2D eigenvalue weighted by molar-refractivity contribution is 0.669. The predicted molar refractivity (Wildman–Crippen MR) is 229 cm³/mol. The minimum absolute atomic E-state index is 0.841. The number of nitrogens with zero attached hydrogens (tertiary/aromatic N) is 1. The number of para-hydroxylation sites is 4. The first-order valence-electron chi connectivity index (χ1n) is 18.7. The second-order valence-electron chi connectivity index (χ2n) is 14.0. The van der Waals surface area contributed by atoms with E-state index in [1.54, 1.807) is 0 Å². The van der Waals surface area contributed by atoms with Crippen LogP contribution in [0.3, 0.4) is 0 Å². The Hall–Kier alpha value is -7.36. The summed E-state index contributed by atoms with van der Waals surface area (Å²) >= 11 is 0. The molecule has 0 fully saturated rings. The Labute approximate surface area is 317 Å². The highest BCUT2D eigenvalue weighted by Gasteiger charge is 2.23. The summed E-state index contributed by atoms with van der Waals surface area (Å²) in [5.41, 5.74) is 13.3. The Balaban J connectivity index is 1.13. The largest absolute Gasteiger partial charge is 0.456 e. The number of furan rings is 2. The van der Waals surface area contributed by atoms with E-state index in [0.717, 1.165) is 94.3 Å². The van der Waals surface area contributed by atoms with Gasteiger partial charge in [0.1, 0.15) is 16.7 Å². The first kappa shape index (κ1) is 31.2. The maximum Gasteiger partial charge on any atom is 0.159 e. The van der Waals surface area contributed by atoms with Crippen LogP contribution in [0.4, 0.5) is 17.1 Å². The van der Waals surface area contributed by atoms with E-state index < -0.39 is 0 Å². The number of rotatable bonds is 6. The highest BCUT2D eigenvalue weighted by atomic mass is 16.3. The van der Waals surface area contributed by atoms with Crippen LogP contribution in [-0.2, 0) is 0 Å². The smallest absolute Gasteiger partial charge is 0.159 e. The summed E-state index contributed by atoms with van der Waals surface area (Å²) in [6.45, 7) is 0. The fourth-order valence-electron chi connectivity index (χ4n) is 8.31. The fraction of sp³-hybridized carbons (Fsp3) is 0. The monoisotopic (exact) mass is 703 g/mol. The van der Waals surface area contributed by atoms with Crippen LogP contribution in [-0.4, -0.2) is 0 Å². The summed E-state index contributed by atoms with van der Waals surface area (Å²) in [5, 5.41) is 6.85. The summed E-state index contributed by atoms with van der Waals surface area (Å²) in [6, 6.07) is 70.9. The van der Waals surface area contributed by atoms with Crippen LogP contribution in [0.1, 0.15) is 0 Å². The molecule has 11 aromatic rings. The van der Waals surface area contributed by atoms with Crippen molar-refractivity contribution in [1.82, 2.24) is 0 Å². The van der Waals surface area contributed by atoms with E-state index >= 15 is 0 Å². The molecule has 0 spiro atoms. The normalized spacial score (nSPS) is 11.6. The van der Waals surface area contributed by atoms with Crippen LogP contribution >= 0.6 is 0 Å². The topological polar surface area (TPSA) is 29.5 Å². The Morgan fingerprint density at radius 1 is 0.327 bits per heavy atom. The summed E-state index contributed by atoms with van der Waals surface area (Å²) in [4.78, 5) is 2.36. The molecule has 0 atom stereocenters. The van der Waals surface area contributed by atoms with E-state index in [4.69, 9.17) is 8.83 Å². The van der Waals surface area contributed by atoms with Gasteiger partial charge in [-0.3, -0.25) is 0 Å². The van der Waals surface area contributed by atoms with Crippen molar-refractivity contribution >= 4 is 71.7 Å². The van der Waals surface area contributed by atoms with Gasteiger partial charge in [-0.15, -0.1) is 0 Å². The van der Waals surface area contributed by atoms with Gasteiger partial charge in [0.15, 0.2) is 5.58 Å². The second kappa shape index (κ2) is 12.6. The highest BCUT2D eigenvalue weighted by Crippen LogP contribution is 2.47. The molecule has 0 bridgehead atoms. The molecule has 3 nitrogen and oxygen atoms in total. The third kappa shape index (κ3) is 5.13. The number of anilines is 3. The van der Waals surface area contributed by atoms with Gasteiger partial charge < -0.3 is 13.7 Å². The molecule has 0 unspecified atom stereocenters. The van der Waals surface area contributed by atoms with Crippen LogP contribution in [0.2, 0.25) is 0 Å². The molecule has 258 valence electrons. The molecular formula is C52H33NO2. The third-order valence-corrected chi connectivity index (χ3v) is 10.9. The van der Waals surface area contributed by atoms with Gasteiger partial charge in [0.25, 0.3) is 0 Å². The molecular weight excluding hydrogens is 671 g/mol. The van der Waals surface area contributed by atoms with Gasteiger partial charge in [-0.1, -0.05) is 158 Å². The maximum atomic E-state index is 7.02. The molecule has 9 aromatic carbocycles. The molecule has 3 heteroatoms. The molecule has 0 radical (unpaired) electrons. The molecule has 0 aliphatic heterocycles. The van der Waals surface area contributed by atoms with Gasteiger partial charge >= 0.3 is 0 Å². The van der Waals surface area contributed by atoms with Crippen molar-refractivity contribution in [2.45, 2.75) is 0 Å². The first-order valence-corrected chi connectivity index (χ1v) is 18.7. The summed E-state index contributed by atoms with van der Waals surface area (Å²) in [6.07, 6.45) is 0. The van der Waals surface area contributed by atoms with Crippen molar-refractivity contribution in [3.05, 3.63) is 200 Å². The van der Waals surface area contributed by atoms with Crippen LogP contribution in [0.25, 0.3) is 88.0 Å². The Morgan fingerprint density at radius 2 is 0.927 bits per heavy atom. The lowest BCUT2D eigenvalue weighted by Crippen LogP contribution is -2.11. The van der Waals surface area contributed by atoms with Crippen LogP contribution in [0, 0.1) is 0 Å². The predicted octanol–water partition coefficient (Wildman–Crippen LogP) is 15.1. The molecule has 0 saturated carbocycles. The zero-order valence-electron chi connectivity index (χ0n) is 29.8. The van der Waals surface area contributed by atoms with Crippen molar-refractivity contribution in [2.24, 2.45) is 0 Å². The molecule has 0 N–H and O–H groups in total. The van der Waals surface area contributed by atoms with E-state index in [1.807, 2.05) is 18.2 Å². The Morgan fingerprint density at radius 3 is 1.82 bits per heavy atom. The van der Waals surface area contributed by atoms with Gasteiger partial charge in [-0.25, -0.2) is 0 Å². The number of benzene rings is 9. The maximum absolute atomic E-state index is 7.02. The van der Waals surface area contributed by atoms with E-state index in [1.165, 1.54) is 10.8 Å². The lowest BCUT2D eigenvalue weighted by atomic mass is 9.97. The summed E-state index contributed by atoms with van der Waals surface area (Å²) < 4.78 is 13.3. The average molecular weight is 704 g/mol. The van der Waals surface area contributed by atoms with E-state index in [2.05, 4.69) is 187 Å². The van der Waals surface area contributed by atoms with Crippen molar-refractivity contribution in [1.29, 1.82) is 0 Å². The van der Waals surface area contributed by atoms with Crippen LogP contribution in [0.5, 0.6) is 0 Å². The molecule has 0 aliphatic rings. The SMILES string of the molecule is c1ccc(-c2cccc3c2oc2c(N(c4ccc(-c5cccc6oc7ccccc7c56)cc4)c4ccccc4-c4ccc5ccccc5c4)cccc23)cc1. The van der Waals surface area contributed by atoms with E-state index in [0.29, 0.717) is 0 Å². The van der Waals surface area contributed by atoms with Gasteiger partial charge in [0.05, 0.1) is 11.4 Å². The molecule has 0 amide bonds. The van der Waals surface area contributed by atoms with Crippen molar-refractivity contribution in [3.8, 4) is 33.4 Å². The number of fused-ring (bicyclic) bond motifs is 7. The molecule has 2 aromatic heterocycles. The zero-order valence-corrected chi connectivity index (χ0v) is 29.8. The average Bonchev–Trinajstić information content (AvgIpc) is 3.84.